The normalized spacial score (nSPS) is 11.9. The Bertz CT molecular complexity index is 1160. The maximum absolute atomic E-state index is 13.4. The highest BCUT2D eigenvalue weighted by Gasteiger charge is 2.16. The highest BCUT2D eigenvalue weighted by Crippen LogP contribution is 2.37. The predicted octanol–water partition coefficient (Wildman–Crippen LogP) is 5.65. The molecule has 1 heterocycles. The van der Waals surface area contributed by atoms with Crippen LogP contribution in [0.1, 0.15) is 6.92 Å². The maximum atomic E-state index is 13.4. The van der Waals surface area contributed by atoms with Crippen LogP contribution in [0, 0.1) is 5.82 Å². The molecule has 0 aliphatic rings. The molecule has 6 heteroatoms. The lowest BCUT2D eigenvalue weighted by Crippen LogP contribution is -2.37. The number of para-hydroxylation sites is 2. The van der Waals surface area contributed by atoms with E-state index >= 15 is 0 Å². The van der Waals surface area contributed by atoms with Crippen molar-refractivity contribution in [3.63, 3.8) is 0 Å². The molecule has 1 aromatic heterocycles. The molecule has 0 saturated carbocycles. The summed E-state index contributed by atoms with van der Waals surface area (Å²) >= 11 is 1.66. The highest BCUT2D eigenvalue weighted by atomic mass is 32.2. The van der Waals surface area contributed by atoms with Crippen molar-refractivity contribution in [1.82, 2.24) is 10.3 Å². The number of amides is 1. The van der Waals surface area contributed by atoms with Crippen molar-refractivity contribution in [2.24, 2.45) is 0 Å². The van der Waals surface area contributed by atoms with Gasteiger partial charge in [-0.05, 0) is 55.0 Å². The molecule has 0 radical (unpaired) electrons. The number of thioether (sulfide) groups is 1. The minimum atomic E-state index is -0.574. The molecule has 4 rings (SSSR count). The average molecular weight is 435 g/mol. The first-order chi connectivity index (χ1) is 15.1. The molecule has 3 aromatic carbocycles. The fourth-order valence-electron chi connectivity index (χ4n) is 3.31. The van der Waals surface area contributed by atoms with Crippen molar-refractivity contribution in [1.29, 1.82) is 0 Å². The van der Waals surface area contributed by atoms with Crippen LogP contribution in [0.3, 0.4) is 0 Å². The summed E-state index contributed by atoms with van der Waals surface area (Å²) in [7, 11) is 0. The van der Waals surface area contributed by atoms with E-state index in [0.29, 0.717) is 18.0 Å². The quantitative estimate of drug-likeness (QED) is 0.278. The number of nitrogens with one attached hydrogen (secondary N) is 2. The summed E-state index contributed by atoms with van der Waals surface area (Å²) in [6.07, 6.45) is -0.574. The molecule has 0 spiro atoms. The molecule has 4 aromatic rings. The Kier molecular flexibility index (Phi) is 6.57. The lowest BCUT2D eigenvalue weighted by molar-refractivity contribution is -0.127. The minimum Gasteiger partial charge on any atom is -0.481 e. The molecule has 1 amide bonds. The van der Waals surface area contributed by atoms with Crippen molar-refractivity contribution < 1.29 is 13.9 Å². The smallest absolute Gasteiger partial charge is 0.260 e. The number of aromatic nitrogens is 1. The predicted molar refractivity (Wildman–Crippen MR) is 124 cm³/mol. The number of fused-ring (bicyclic) bond motifs is 1. The fourth-order valence-corrected chi connectivity index (χ4v) is 4.37. The summed E-state index contributed by atoms with van der Waals surface area (Å²) in [5.74, 6) is 0.952. The molecular formula is C25H23FN2O2S. The van der Waals surface area contributed by atoms with Gasteiger partial charge >= 0.3 is 0 Å². The summed E-state index contributed by atoms with van der Waals surface area (Å²) < 4.78 is 19.0. The van der Waals surface area contributed by atoms with Gasteiger partial charge in [0, 0.05) is 28.1 Å². The van der Waals surface area contributed by atoms with Crippen molar-refractivity contribution in [3.05, 3.63) is 84.7 Å². The minimum absolute atomic E-state index is 0.151. The summed E-state index contributed by atoms with van der Waals surface area (Å²) in [5, 5.41) is 4.05. The molecule has 158 valence electrons. The van der Waals surface area contributed by atoms with Gasteiger partial charge in [-0.1, -0.05) is 36.4 Å². The standard InChI is InChI=1S/C25H23FN2O2S/c1-17(30-20-7-3-2-4-8-20)25(29)27-15-16-31-24-21-9-5-6-10-22(21)28-23(24)18-11-13-19(26)14-12-18/h2-14,17,28H,15-16H2,1H3,(H,27,29). The molecule has 0 saturated heterocycles. The zero-order valence-electron chi connectivity index (χ0n) is 17.1. The molecule has 2 N–H and O–H groups in total. The highest BCUT2D eigenvalue weighted by molar-refractivity contribution is 7.99. The maximum Gasteiger partial charge on any atom is 0.260 e. The Morgan fingerprint density at radius 3 is 2.52 bits per heavy atom. The number of hydrogen-bond donors (Lipinski definition) is 2. The van der Waals surface area contributed by atoms with Crippen LogP contribution in [0.25, 0.3) is 22.2 Å². The van der Waals surface area contributed by atoms with Crippen LogP contribution in [0.4, 0.5) is 4.39 Å². The summed E-state index contributed by atoms with van der Waals surface area (Å²) in [6.45, 7) is 2.25. The van der Waals surface area contributed by atoms with E-state index in [1.807, 2.05) is 48.5 Å². The number of aromatic amines is 1. The van der Waals surface area contributed by atoms with E-state index in [9.17, 15) is 9.18 Å². The first-order valence-corrected chi connectivity index (χ1v) is 11.1. The Hall–Kier alpha value is -3.25. The van der Waals surface area contributed by atoms with Crippen LogP contribution in [-0.4, -0.2) is 29.3 Å². The molecule has 0 aliphatic carbocycles. The number of hydrogen-bond acceptors (Lipinski definition) is 3. The van der Waals surface area contributed by atoms with Gasteiger partial charge in [0.1, 0.15) is 11.6 Å². The average Bonchev–Trinajstić information content (AvgIpc) is 3.16. The van der Waals surface area contributed by atoms with Crippen molar-refractivity contribution in [3.8, 4) is 17.0 Å². The van der Waals surface area contributed by atoms with Gasteiger partial charge in [0.05, 0.1) is 5.69 Å². The molecule has 0 fully saturated rings. The van der Waals surface area contributed by atoms with E-state index in [1.54, 1.807) is 30.8 Å². The van der Waals surface area contributed by atoms with Gasteiger partial charge in [0.2, 0.25) is 0 Å². The lowest BCUT2D eigenvalue weighted by atomic mass is 10.1. The lowest BCUT2D eigenvalue weighted by Gasteiger charge is -2.14. The van der Waals surface area contributed by atoms with Gasteiger partial charge in [0.25, 0.3) is 5.91 Å². The van der Waals surface area contributed by atoms with Crippen LogP contribution in [-0.2, 0) is 4.79 Å². The third kappa shape index (κ3) is 5.09. The summed E-state index contributed by atoms with van der Waals surface area (Å²) in [6, 6.07) is 23.8. The Morgan fingerprint density at radius 1 is 1.03 bits per heavy atom. The second-order valence-corrected chi connectivity index (χ2v) is 8.20. The fraction of sp³-hybridized carbons (Fsp3) is 0.160. The zero-order valence-corrected chi connectivity index (χ0v) is 17.9. The molecular weight excluding hydrogens is 411 g/mol. The first-order valence-electron chi connectivity index (χ1n) is 10.1. The van der Waals surface area contributed by atoms with Gasteiger partial charge in [-0.25, -0.2) is 4.39 Å². The topological polar surface area (TPSA) is 54.1 Å². The third-order valence-corrected chi connectivity index (χ3v) is 5.99. The van der Waals surface area contributed by atoms with Gasteiger partial charge < -0.3 is 15.0 Å². The van der Waals surface area contributed by atoms with E-state index in [1.165, 1.54) is 12.1 Å². The van der Waals surface area contributed by atoms with Crippen LogP contribution < -0.4 is 10.1 Å². The van der Waals surface area contributed by atoms with E-state index in [2.05, 4.69) is 16.4 Å². The van der Waals surface area contributed by atoms with Gasteiger partial charge in [0.15, 0.2) is 6.10 Å². The molecule has 0 aliphatic heterocycles. The van der Waals surface area contributed by atoms with E-state index in [0.717, 1.165) is 27.1 Å². The van der Waals surface area contributed by atoms with Gasteiger partial charge in [-0.3, -0.25) is 4.79 Å². The number of H-pyrrole nitrogens is 1. The molecule has 1 unspecified atom stereocenters. The summed E-state index contributed by atoms with van der Waals surface area (Å²) in [4.78, 5) is 16.9. The number of ether oxygens (including phenoxy) is 1. The van der Waals surface area contributed by atoms with E-state index < -0.39 is 6.10 Å². The number of carbonyl (C=O) groups excluding carboxylic acids is 1. The second kappa shape index (κ2) is 9.71. The van der Waals surface area contributed by atoms with Crippen LogP contribution in [0.15, 0.2) is 83.8 Å². The molecule has 31 heavy (non-hydrogen) atoms. The first kappa shape index (κ1) is 21.0. The molecule has 0 bridgehead atoms. The number of halogens is 1. The van der Waals surface area contributed by atoms with Crippen molar-refractivity contribution in [2.45, 2.75) is 17.9 Å². The van der Waals surface area contributed by atoms with E-state index in [4.69, 9.17) is 4.74 Å². The van der Waals surface area contributed by atoms with Crippen LogP contribution >= 0.6 is 11.8 Å². The molecule has 1 atom stereocenters. The van der Waals surface area contributed by atoms with Crippen molar-refractivity contribution in [2.75, 3.05) is 12.3 Å². The molecule has 4 nitrogen and oxygen atoms in total. The van der Waals surface area contributed by atoms with Gasteiger partial charge in [-0.15, -0.1) is 11.8 Å². The van der Waals surface area contributed by atoms with E-state index in [-0.39, 0.29) is 11.7 Å². The number of carbonyl (C=O) groups is 1. The SMILES string of the molecule is CC(Oc1ccccc1)C(=O)NCCSc1c(-c2ccc(F)cc2)[nH]c2ccccc12. The van der Waals surface area contributed by atoms with Gasteiger partial charge in [-0.2, -0.15) is 0 Å². The van der Waals surface area contributed by atoms with Crippen LogP contribution in [0.5, 0.6) is 5.75 Å². The Labute approximate surface area is 184 Å². The monoisotopic (exact) mass is 434 g/mol. The van der Waals surface area contributed by atoms with Crippen LogP contribution in [0.2, 0.25) is 0 Å². The summed E-state index contributed by atoms with van der Waals surface area (Å²) in [5.41, 5.74) is 2.91. The largest absolute Gasteiger partial charge is 0.481 e. The Morgan fingerprint density at radius 2 is 1.74 bits per heavy atom. The Balaban J connectivity index is 1.40. The van der Waals surface area contributed by atoms with Crippen molar-refractivity contribution >= 4 is 28.6 Å². The number of rotatable bonds is 8. The second-order valence-electron chi connectivity index (χ2n) is 7.09. The number of benzene rings is 3. The zero-order chi connectivity index (χ0) is 21.6. The third-order valence-electron chi connectivity index (χ3n) is 4.86.